The Morgan fingerprint density at radius 2 is 1.72 bits per heavy atom. The second-order valence-corrected chi connectivity index (χ2v) is 9.33. The summed E-state index contributed by atoms with van der Waals surface area (Å²) < 4.78 is 27.0. The number of nitriles is 1. The largest absolute Gasteiger partial charge is 0.508 e. The second kappa shape index (κ2) is 10.2. The van der Waals surface area contributed by atoms with Crippen molar-refractivity contribution in [3.05, 3.63) is 65.2 Å². The van der Waals surface area contributed by atoms with Crippen LogP contribution >= 0.6 is 0 Å². The minimum atomic E-state index is -3.51. The first-order valence-corrected chi connectivity index (χ1v) is 11.6. The smallest absolute Gasteiger partial charge is 0.282 e. The monoisotopic (exact) mass is 452 g/mol. The maximum atomic E-state index is 12.7. The highest BCUT2D eigenvalue weighted by atomic mass is 32.2. The molecule has 0 aliphatic carbocycles. The van der Waals surface area contributed by atoms with Crippen LogP contribution in [0.2, 0.25) is 0 Å². The molecule has 3 rings (SSSR count). The summed E-state index contributed by atoms with van der Waals surface area (Å²) in [5.41, 5.74) is 3.89. The molecule has 2 aromatic carbocycles. The number of hydrazone groups is 1. The molecule has 0 atom stereocenters. The van der Waals surface area contributed by atoms with Crippen molar-refractivity contribution in [1.29, 1.82) is 5.26 Å². The molecule has 166 valence electrons. The van der Waals surface area contributed by atoms with Crippen LogP contribution in [0.5, 0.6) is 5.75 Å². The summed E-state index contributed by atoms with van der Waals surface area (Å²) in [7, 11) is -3.51. The van der Waals surface area contributed by atoms with E-state index in [-0.39, 0.29) is 16.2 Å². The van der Waals surface area contributed by atoms with E-state index in [4.69, 9.17) is 0 Å². The molecule has 2 N–H and O–H groups in total. The van der Waals surface area contributed by atoms with Gasteiger partial charge < -0.3 is 5.11 Å². The van der Waals surface area contributed by atoms with E-state index in [0.29, 0.717) is 29.9 Å². The normalized spacial score (nSPS) is 15.8. The van der Waals surface area contributed by atoms with Crippen LogP contribution < -0.4 is 5.43 Å². The molecular weight excluding hydrogens is 428 g/mol. The quantitative estimate of drug-likeness (QED) is 0.302. The number of phenols is 1. The number of sulfonamides is 1. The molecular formula is C23H24N4O4S. The first-order chi connectivity index (χ1) is 15.3. The first-order valence-electron chi connectivity index (χ1n) is 10.2. The van der Waals surface area contributed by atoms with Crippen molar-refractivity contribution in [1.82, 2.24) is 9.73 Å². The van der Waals surface area contributed by atoms with Gasteiger partial charge in [-0.1, -0.05) is 30.7 Å². The number of rotatable bonds is 6. The van der Waals surface area contributed by atoms with Crippen LogP contribution in [0.1, 0.15) is 37.3 Å². The zero-order valence-electron chi connectivity index (χ0n) is 17.7. The lowest BCUT2D eigenvalue weighted by molar-refractivity contribution is -0.117. The summed E-state index contributed by atoms with van der Waals surface area (Å²) >= 11 is 0. The van der Waals surface area contributed by atoms with Crippen LogP contribution in [-0.4, -0.2) is 42.5 Å². The Hall–Kier alpha value is -3.48. The maximum absolute atomic E-state index is 12.7. The van der Waals surface area contributed by atoms with Crippen LogP contribution in [-0.2, 0) is 14.8 Å². The molecule has 0 saturated carbocycles. The summed E-state index contributed by atoms with van der Waals surface area (Å²) in [4.78, 5) is 12.5. The SMILES string of the molecule is C/C(=N\NC(=O)/C(C#N)=C/c1ccc(O)cc1)c1ccc(S(=O)(=O)N2CCCCC2)cc1. The van der Waals surface area contributed by atoms with E-state index in [1.165, 1.54) is 34.6 Å². The number of aromatic hydroxyl groups is 1. The van der Waals surface area contributed by atoms with Gasteiger partial charge in [-0.25, -0.2) is 13.8 Å². The Morgan fingerprint density at radius 3 is 2.31 bits per heavy atom. The van der Waals surface area contributed by atoms with Gasteiger partial charge in [0.25, 0.3) is 5.91 Å². The molecule has 1 amide bonds. The minimum absolute atomic E-state index is 0.0834. The molecule has 1 aliphatic heterocycles. The Morgan fingerprint density at radius 1 is 1.09 bits per heavy atom. The van der Waals surface area contributed by atoms with E-state index in [2.05, 4.69) is 10.5 Å². The van der Waals surface area contributed by atoms with Crippen LogP contribution in [0, 0.1) is 11.3 Å². The van der Waals surface area contributed by atoms with Gasteiger partial charge in [0.05, 0.1) is 10.6 Å². The van der Waals surface area contributed by atoms with Crippen molar-refractivity contribution in [2.75, 3.05) is 13.1 Å². The summed E-state index contributed by atoms with van der Waals surface area (Å²) in [6.45, 7) is 2.75. The molecule has 1 fully saturated rings. The molecule has 9 heteroatoms. The number of nitrogens with zero attached hydrogens (tertiary/aromatic N) is 3. The minimum Gasteiger partial charge on any atom is -0.508 e. The molecule has 1 aliphatic rings. The fourth-order valence-electron chi connectivity index (χ4n) is 3.27. The van der Waals surface area contributed by atoms with Gasteiger partial charge in [-0.3, -0.25) is 4.79 Å². The van der Waals surface area contributed by atoms with Crippen molar-refractivity contribution in [2.45, 2.75) is 31.1 Å². The van der Waals surface area contributed by atoms with E-state index < -0.39 is 15.9 Å². The zero-order chi connectivity index (χ0) is 23.1. The van der Waals surface area contributed by atoms with E-state index in [1.54, 1.807) is 31.2 Å². The molecule has 32 heavy (non-hydrogen) atoms. The van der Waals surface area contributed by atoms with Gasteiger partial charge in [0.1, 0.15) is 17.4 Å². The number of piperidine rings is 1. The molecule has 0 bridgehead atoms. The lowest BCUT2D eigenvalue weighted by atomic mass is 10.1. The Kier molecular flexibility index (Phi) is 7.41. The third-order valence-corrected chi connectivity index (χ3v) is 7.03. The Labute approximate surface area is 187 Å². The highest BCUT2D eigenvalue weighted by Gasteiger charge is 2.25. The van der Waals surface area contributed by atoms with Gasteiger partial charge in [-0.15, -0.1) is 0 Å². The number of hydrogen-bond acceptors (Lipinski definition) is 6. The Bertz CT molecular complexity index is 1170. The molecule has 1 saturated heterocycles. The summed E-state index contributed by atoms with van der Waals surface area (Å²) in [5, 5.41) is 22.6. The first kappa shape index (κ1) is 23.2. The number of benzene rings is 2. The van der Waals surface area contributed by atoms with Crippen molar-refractivity contribution in [2.24, 2.45) is 5.10 Å². The van der Waals surface area contributed by atoms with Crippen molar-refractivity contribution < 1.29 is 18.3 Å². The lowest BCUT2D eigenvalue weighted by Gasteiger charge is -2.25. The fourth-order valence-corrected chi connectivity index (χ4v) is 4.78. The van der Waals surface area contributed by atoms with Crippen molar-refractivity contribution in [3.8, 4) is 11.8 Å². The fraction of sp³-hybridized carbons (Fsp3) is 0.261. The highest BCUT2D eigenvalue weighted by Crippen LogP contribution is 2.21. The summed E-state index contributed by atoms with van der Waals surface area (Å²) in [6, 6.07) is 14.2. The zero-order valence-corrected chi connectivity index (χ0v) is 18.5. The van der Waals surface area contributed by atoms with Crippen LogP contribution in [0.15, 0.2) is 64.1 Å². The van der Waals surface area contributed by atoms with Gasteiger partial charge >= 0.3 is 0 Å². The number of phenolic OH excluding ortho intramolecular Hbond substituents is 1. The van der Waals surface area contributed by atoms with E-state index in [0.717, 1.165) is 19.3 Å². The highest BCUT2D eigenvalue weighted by molar-refractivity contribution is 7.89. The number of carbonyl (C=O) groups is 1. The number of carbonyl (C=O) groups excluding carboxylic acids is 1. The predicted octanol–water partition coefficient (Wildman–Crippen LogP) is 3.01. The standard InChI is InChI=1S/C23H24N4O4S/c1-17(25-26-23(29)20(16-24)15-18-5-9-21(28)10-6-18)19-7-11-22(12-8-19)32(30,31)27-13-3-2-4-14-27/h5-12,15,28H,2-4,13-14H2,1H3,(H,26,29)/b20-15+,25-17+. The molecule has 0 unspecified atom stereocenters. The molecule has 0 radical (unpaired) electrons. The number of nitrogens with one attached hydrogen (secondary N) is 1. The molecule has 8 nitrogen and oxygen atoms in total. The predicted molar refractivity (Wildman–Crippen MR) is 121 cm³/mol. The maximum Gasteiger partial charge on any atom is 0.282 e. The molecule has 0 spiro atoms. The van der Waals surface area contributed by atoms with Crippen LogP contribution in [0.25, 0.3) is 6.08 Å². The van der Waals surface area contributed by atoms with Crippen molar-refractivity contribution in [3.63, 3.8) is 0 Å². The van der Waals surface area contributed by atoms with Crippen LogP contribution in [0.3, 0.4) is 0 Å². The number of hydrogen-bond donors (Lipinski definition) is 2. The third kappa shape index (κ3) is 5.60. The van der Waals surface area contributed by atoms with Gasteiger partial charge in [-0.2, -0.15) is 14.7 Å². The van der Waals surface area contributed by atoms with Gasteiger partial charge in [0, 0.05) is 13.1 Å². The average Bonchev–Trinajstić information content (AvgIpc) is 2.82. The second-order valence-electron chi connectivity index (χ2n) is 7.39. The van der Waals surface area contributed by atoms with E-state index in [9.17, 15) is 23.6 Å². The van der Waals surface area contributed by atoms with E-state index >= 15 is 0 Å². The molecule has 1 heterocycles. The third-order valence-electron chi connectivity index (χ3n) is 5.12. The van der Waals surface area contributed by atoms with Gasteiger partial charge in [0.15, 0.2) is 0 Å². The topological polar surface area (TPSA) is 123 Å². The molecule has 2 aromatic rings. The van der Waals surface area contributed by atoms with E-state index in [1.807, 2.05) is 6.07 Å². The molecule has 0 aromatic heterocycles. The van der Waals surface area contributed by atoms with Gasteiger partial charge in [-0.05, 0) is 61.2 Å². The number of amides is 1. The van der Waals surface area contributed by atoms with Crippen molar-refractivity contribution >= 4 is 27.7 Å². The summed E-state index contributed by atoms with van der Waals surface area (Å²) in [5.74, 6) is -0.593. The Balaban J connectivity index is 1.69. The van der Waals surface area contributed by atoms with Gasteiger partial charge in [0.2, 0.25) is 10.0 Å². The summed E-state index contributed by atoms with van der Waals surface area (Å²) in [6.07, 6.45) is 4.17. The average molecular weight is 453 g/mol. The lowest BCUT2D eigenvalue weighted by Crippen LogP contribution is -2.35. The van der Waals surface area contributed by atoms with Crippen LogP contribution in [0.4, 0.5) is 0 Å².